The average molecular weight is 243 g/mol. The minimum atomic E-state index is -2.83. The maximum atomic E-state index is 10.3. The molecule has 2 aromatic rings. The van der Waals surface area contributed by atoms with Gasteiger partial charge >= 0.3 is 0 Å². The second kappa shape index (κ2) is 3.61. The van der Waals surface area contributed by atoms with Crippen molar-refractivity contribution < 1.29 is 13.3 Å². The van der Waals surface area contributed by atoms with E-state index in [2.05, 4.69) is 4.98 Å². The number of hydrogen-bond acceptors (Lipinski definition) is 3. The third kappa shape index (κ3) is 1.96. The molecule has 16 heavy (non-hydrogen) atoms. The van der Waals surface area contributed by atoms with Gasteiger partial charge in [-0.25, -0.2) is 4.98 Å². The van der Waals surface area contributed by atoms with Crippen molar-refractivity contribution in [2.45, 2.75) is 19.4 Å². The van der Waals surface area contributed by atoms with Gasteiger partial charge in [-0.2, -0.15) is 0 Å². The quantitative estimate of drug-likeness (QED) is 0.808. The molecule has 0 spiro atoms. The molecule has 3 nitrogen and oxygen atoms in total. The van der Waals surface area contributed by atoms with E-state index in [1.54, 1.807) is 0 Å². The molecule has 84 valence electrons. The van der Waals surface area contributed by atoms with Crippen LogP contribution in [0, 0.1) is 0 Å². The van der Waals surface area contributed by atoms with E-state index in [9.17, 15) is 5.11 Å². The Morgan fingerprint density at radius 1 is 1.62 bits per heavy atom. The Bertz CT molecular complexity index is 775. The summed E-state index contributed by atoms with van der Waals surface area (Å²) < 4.78 is 45.9. The van der Waals surface area contributed by atoms with E-state index in [0.717, 1.165) is 6.92 Å². The lowest BCUT2D eigenvalue weighted by molar-refractivity contribution is 0.0751. The highest BCUT2D eigenvalue weighted by atomic mass is 35.5. The van der Waals surface area contributed by atoms with Crippen LogP contribution in [0.5, 0.6) is 0 Å². The molecule has 0 aliphatic heterocycles. The fourth-order valence-corrected chi connectivity index (χ4v) is 1.48. The van der Waals surface area contributed by atoms with Gasteiger partial charge in [-0.05, 0) is 38.0 Å². The summed E-state index contributed by atoms with van der Waals surface area (Å²) in [5.41, 5.74) is 2.48. The summed E-state index contributed by atoms with van der Waals surface area (Å²) in [6, 6.07) is 0.373. The molecule has 0 bridgehead atoms. The first-order valence-corrected chi connectivity index (χ1v) is 4.85. The van der Waals surface area contributed by atoms with Gasteiger partial charge in [0.25, 0.3) is 0 Å². The van der Waals surface area contributed by atoms with E-state index < -0.39 is 18.1 Å². The van der Waals surface area contributed by atoms with Crippen molar-refractivity contribution in [3.05, 3.63) is 34.9 Å². The Balaban J connectivity index is 2.96. The molecule has 3 N–H and O–H groups in total. The molecular weight excluding hydrogens is 224 g/mol. The molecule has 0 aliphatic carbocycles. The third-order valence-corrected chi connectivity index (χ3v) is 2.22. The number of nitrogens with zero attached hydrogens (tertiary/aromatic N) is 1. The smallest absolute Gasteiger partial charge is 0.103 e. The van der Waals surface area contributed by atoms with E-state index in [4.69, 9.17) is 25.6 Å². The first-order valence-electron chi connectivity index (χ1n) is 7.48. The molecule has 0 saturated carbocycles. The number of nitrogens with two attached hydrogens (primary N) is 1. The van der Waals surface area contributed by atoms with Crippen LogP contribution in [0.4, 0.5) is 5.69 Å². The Labute approximate surface area is 107 Å². The summed E-state index contributed by atoms with van der Waals surface area (Å²) in [4.78, 5) is 3.95. The minimum Gasteiger partial charge on any atom is -0.397 e. The number of benzene rings is 1. The summed E-state index contributed by atoms with van der Waals surface area (Å²) in [7, 11) is 0. The molecule has 1 heterocycles. The summed E-state index contributed by atoms with van der Waals surface area (Å²) >= 11 is 5.82. The van der Waals surface area contributed by atoms with Crippen LogP contribution in [-0.2, 0) is 5.60 Å². The van der Waals surface area contributed by atoms with E-state index in [1.165, 1.54) is 6.07 Å². The number of rotatable bonds is 1. The molecule has 1 unspecified atom stereocenters. The largest absolute Gasteiger partial charge is 0.397 e. The van der Waals surface area contributed by atoms with Crippen molar-refractivity contribution in [2.75, 3.05) is 5.73 Å². The lowest BCUT2D eigenvalue weighted by atomic mass is 10.0. The van der Waals surface area contributed by atoms with E-state index in [0.29, 0.717) is 0 Å². The van der Waals surface area contributed by atoms with Crippen LogP contribution in [0.25, 0.3) is 10.9 Å². The molecule has 0 aliphatic rings. The van der Waals surface area contributed by atoms with Gasteiger partial charge in [0.1, 0.15) is 5.60 Å². The molecule has 0 amide bonds. The van der Waals surface area contributed by atoms with Crippen LogP contribution in [0.2, 0.25) is 5.02 Å². The summed E-state index contributed by atoms with van der Waals surface area (Å²) in [6.45, 7) is -1.81. The normalized spacial score (nSPS) is 21.2. The van der Waals surface area contributed by atoms with Crippen LogP contribution in [-0.4, -0.2) is 10.1 Å². The molecule has 2 rings (SSSR count). The Morgan fingerprint density at radius 2 is 2.38 bits per heavy atom. The van der Waals surface area contributed by atoms with Gasteiger partial charge in [-0.15, -0.1) is 0 Å². The van der Waals surface area contributed by atoms with Crippen molar-refractivity contribution in [1.82, 2.24) is 4.98 Å². The number of hydrogen-bond donors (Lipinski definition) is 2. The average Bonchev–Trinajstić information content (AvgIpc) is 2.37. The highest BCUT2D eigenvalue weighted by Crippen LogP contribution is 2.28. The van der Waals surface area contributed by atoms with Gasteiger partial charge < -0.3 is 10.8 Å². The summed E-state index contributed by atoms with van der Waals surface area (Å²) in [6.07, 6.45) is 0. The lowest BCUT2D eigenvalue weighted by Crippen LogP contribution is -2.19. The van der Waals surface area contributed by atoms with E-state index in [1.807, 2.05) is 0 Å². The Hall–Kier alpha value is -1.32. The standard InChI is InChI=1S/C12H13ClN2O/c1-12(2,16)11-9(14)6-7-5-8(13)3-4-10(7)15-11/h3-6,16H,14H2,1-2H3/i1D3,4D,5D,6D. The van der Waals surface area contributed by atoms with Crippen LogP contribution >= 0.6 is 11.6 Å². The molecule has 0 saturated heterocycles. The number of nitrogen functional groups attached to an aromatic ring is 1. The van der Waals surface area contributed by atoms with Gasteiger partial charge in [-0.3, -0.25) is 0 Å². The Morgan fingerprint density at radius 3 is 3.06 bits per heavy atom. The summed E-state index contributed by atoms with van der Waals surface area (Å²) in [5.74, 6) is 0. The van der Waals surface area contributed by atoms with Gasteiger partial charge in [0.15, 0.2) is 0 Å². The molecule has 0 radical (unpaired) electrons. The van der Waals surface area contributed by atoms with Crippen molar-refractivity contribution in [3.63, 3.8) is 0 Å². The topological polar surface area (TPSA) is 59.1 Å². The predicted molar refractivity (Wildman–Crippen MR) is 66.4 cm³/mol. The summed E-state index contributed by atoms with van der Waals surface area (Å²) in [5, 5.41) is 10.2. The predicted octanol–water partition coefficient (Wildman–Crippen LogP) is 2.70. The van der Waals surface area contributed by atoms with Gasteiger partial charge in [-0.1, -0.05) is 11.6 Å². The first-order chi connectivity index (χ1) is 9.89. The second-order valence-electron chi connectivity index (χ2n) is 3.56. The van der Waals surface area contributed by atoms with E-state index >= 15 is 0 Å². The Kier molecular flexibility index (Phi) is 1.32. The highest BCUT2D eigenvalue weighted by molar-refractivity contribution is 6.31. The monoisotopic (exact) mass is 242 g/mol. The number of pyridine rings is 1. The number of fused-ring (bicyclic) bond motifs is 1. The highest BCUT2D eigenvalue weighted by Gasteiger charge is 2.21. The zero-order chi connectivity index (χ0) is 17.0. The minimum absolute atomic E-state index is 0.0393. The van der Waals surface area contributed by atoms with Crippen LogP contribution in [0.3, 0.4) is 0 Å². The third-order valence-electron chi connectivity index (χ3n) is 2.02. The molecule has 1 aromatic heterocycles. The zero-order valence-electron chi connectivity index (χ0n) is 14.4. The fraction of sp³-hybridized carbons (Fsp3) is 0.250. The molecular formula is C12H13ClN2O. The van der Waals surface area contributed by atoms with Crippen molar-refractivity contribution in [3.8, 4) is 0 Å². The number of anilines is 1. The molecule has 0 fully saturated rings. The van der Waals surface area contributed by atoms with E-state index in [-0.39, 0.29) is 39.7 Å². The maximum Gasteiger partial charge on any atom is 0.103 e. The lowest BCUT2D eigenvalue weighted by Gasteiger charge is -2.19. The maximum absolute atomic E-state index is 10.3. The van der Waals surface area contributed by atoms with Crippen molar-refractivity contribution >= 4 is 28.2 Å². The number of aromatic nitrogens is 1. The van der Waals surface area contributed by atoms with Gasteiger partial charge in [0.05, 0.1) is 21.0 Å². The molecule has 1 aromatic carbocycles. The number of halogens is 1. The van der Waals surface area contributed by atoms with Crippen LogP contribution in [0.15, 0.2) is 24.2 Å². The number of aliphatic hydroxyl groups is 1. The van der Waals surface area contributed by atoms with Crippen LogP contribution in [0.1, 0.15) is 27.7 Å². The van der Waals surface area contributed by atoms with Crippen molar-refractivity contribution in [2.24, 2.45) is 0 Å². The molecule has 1 atom stereocenters. The molecule has 4 heteroatoms. The van der Waals surface area contributed by atoms with Gasteiger partial charge in [0, 0.05) is 14.5 Å². The first kappa shape index (κ1) is 5.84. The fourth-order valence-electron chi connectivity index (χ4n) is 1.33. The van der Waals surface area contributed by atoms with Crippen LogP contribution < -0.4 is 5.73 Å². The zero-order valence-corrected chi connectivity index (χ0v) is 9.18. The second-order valence-corrected chi connectivity index (χ2v) is 3.96. The van der Waals surface area contributed by atoms with Gasteiger partial charge in [0.2, 0.25) is 0 Å². The SMILES string of the molecule is [2H]c1cc(Cl)c([2H])c2c([2H])c(N)c(C(C)(O)C([2H])([2H])[2H])nc12. The van der Waals surface area contributed by atoms with Crippen molar-refractivity contribution in [1.29, 1.82) is 0 Å².